The topological polar surface area (TPSA) is 73.1 Å². The molecule has 1 unspecified atom stereocenters. The van der Waals surface area contributed by atoms with Crippen molar-refractivity contribution in [3.63, 3.8) is 0 Å². The molecule has 4 rings (SSSR count). The highest BCUT2D eigenvalue weighted by Gasteiger charge is 2.32. The van der Waals surface area contributed by atoms with Gasteiger partial charge in [-0.2, -0.15) is 4.98 Å². The molecule has 0 bridgehead atoms. The van der Waals surface area contributed by atoms with Crippen LogP contribution in [0, 0.1) is 0 Å². The van der Waals surface area contributed by atoms with Gasteiger partial charge in [-0.1, -0.05) is 35.8 Å². The lowest BCUT2D eigenvalue weighted by Gasteiger charge is -2.24. The van der Waals surface area contributed by atoms with E-state index in [2.05, 4.69) is 16.2 Å². The number of rotatable bonds is 4. The molecule has 5 nitrogen and oxygen atoms in total. The Morgan fingerprint density at radius 1 is 1.13 bits per heavy atom. The second-order valence-corrected chi connectivity index (χ2v) is 8.90. The van der Waals surface area contributed by atoms with Crippen LogP contribution >= 0.6 is 0 Å². The Labute approximate surface area is 136 Å². The summed E-state index contributed by atoms with van der Waals surface area (Å²) in [6.07, 6.45) is 5.39. The summed E-state index contributed by atoms with van der Waals surface area (Å²) < 4.78 is 30.6. The first-order valence-corrected chi connectivity index (χ1v) is 9.94. The summed E-state index contributed by atoms with van der Waals surface area (Å²) in [6.45, 7) is 0. The molecule has 1 heterocycles. The van der Waals surface area contributed by atoms with E-state index in [-0.39, 0.29) is 11.0 Å². The van der Waals surface area contributed by atoms with Crippen LogP contribution in [0.2, 0.25) is 0 Å². The quantitative estimate of drug-likeness (QED) is 0.861. The van der Waals surface area contributed by atoms with E-state index < -0.39 is 9.84 Å². The van der Waals surface area contributed by atoms with Gasteiger partial charge in [-0.15, -0.1) is 0 Å². The van der Waals surface area contributed by atoms with Crippen molar-refractivity contribution in [3.8, 4) is 0 Å². The molecule has 0 aliphatic heterocycles. The van der Waals surface area contributed by atoms with Crippen molar-refractivity contribution in [2.45, 2.75) is 55.4 Å². The molecule has 0 spiro atoms. The fraction of sp³-hybridized carbons (Fsp3) is 0.529. The predicted octanol–water partition coefficient (Wildman–Crippen LogP) is 2.81. The summed E-state index contributed by atoms with van der Waals surface area (Å²) in [7, 11) is -3.27. The van der Waals surface area contributed by atoms with Crippen LogP contribution in [0.3, 0.4) is 0 Å². The van der Waals surface area contributed by atoms with E-state index >= 15 is 0 Å². The molecule has 1 fully saturated rings. The maximum atomic E-state index is 12.7. The number of nitrogens with zero attached hydrogens (tertiary/aromatic N) is 2. The van der Waals surface area contributed by atoms with E-state index in [4.69, 9.17) is 4.52 Å². The van der Waals surface area contributed by atoms with Crippen LogP contribution in [0.15, 0.2) is 28.8 Å². The first-order chi connectivity index (χ1) is 11.1. The van der Waals surface area contributed by atoms with Crippen molar-refractivity contribution in [2.24, 2.45) is 0 Å². The molecule has 23 heavy (non-hydrogen) atoms. The number of benzene rings is 1. The first kappa shape index (κ1) is 14.9. The van der Waals surface area contributed by atoms with Crippen LogP contribution in [0.5, 0.6) is 0 Å². The van der Waals surface area contributed by atoms with Gasteiger partial charge in [-0.25, -0.2) is 8.42 Å². The molecule has 2 aromatic rings. The molecule has 6 heteroatoms. The Hall–Kier alpha value is -1.69. The Morgan fingerprint density at radius 2 is 1.91 bits per heavy atom. The van der Waals surface area contributed by atoms with Gasteiger partial charge in [-0.3, -0.25) is 0 Å². The zero-order valence-corrected chi connectivity index (χ0v) is 13.8. The van der Waals surface area contributed by atoms with Crippen LogP contribution in [0.25, 0.3) is 0 Å². The van der Waals surface area contributed by atoms with Gasteiger partial charge in [0, 0.05) is 5.92 Å². The van der Waals surface area contributed by atoms with Crippen LogP contribution in [0.1, 0.15) is 54.4 Å². The minimum atomic E-state index is -3.27. The molecule has 1 saturated carbocycles. The Kier molecular flexibility index (Phi) is 3.71. The highest BCUT2D eigenvalue weighted by atomic mass is 32.2. The predicted molar refractivity (Wildman–Crippen MR) is 85.8 cm³/mol. The summed E-state index contributed by atoms with van der Waals surface area (Å²) in [5, 5.41) is 3.53. The van der Waals surface area contributed by atoms with Crippen molar-refractivity contribution in [1.82, 2.24) is 10.1 Å². The third-order valence-corrected chi connectivity index (χ3v) is 7.16. The standard InChI is InChI=1S/C17H20N2O3S/c20-23(21,11-16-18-17(22-19-16)13-6-3-7-13)15-9-8-12-4-1-2-5-14(12)10-15/h1-2,4-5,13,15H,3,6-11H2. The molecule has 2 aliphatic rings. The lowest BCUT2D eigenvalue weighted by atomic mass is 9.85. The zero-order chi connectivity index (χ0) is 15.9. The van der Waals surface area contributed by atoms with Crippen molar-refractivity contribution in [1.29, 1.82) is 0 Å². The monoisotopic (exact) mass is 332 g/mol. The number of fused-ring (bicyclic) bond motifs is 1. The summed E-state index contributed by atoms with van der Waals surface area (Å²) in [6, 6.07) is 8.09. The molecule has 2 aliphatic carbocycles. The third-order valence-electron chi connectivity index (χ3n) is 5.08. The Balaban J connectivity index is 1.49. The molecular weight excluding hydrogens is 312 g/mol. The van der Waals surface area contributed by atoms with Crippen molar-refractivity contribution < 1.29 is 12.9 Å². The molecular formula is C17H20N2O3S. The van der Waals surface area contributed by atoms with Gasteiger partial charge < -0.3 is 4.52 Å². The minimum absolute atomic E-state index is 0.115. The molecule has 1 atom stereocenters. The molecule has 0 radical (unpaired) electrons. The van der Waals surface area contributed by atoms with E-state index in [1.54, 1.807) is 0 Å². The maximum absolute atomic E-state index is 12.7. The second-order valence-electron chi connectivity index (χ2n) is 6.62. The SMILES string of the molecule is O=S(=O)(Cc1noc(C2CCC2)n1)C1CCc2ccccc2C1. The van der Waals surface area contributed by atoms with Crippen molar-refractivity contribution in [2.75, 3.05) is 0 Å². The highest BCUT2D eigenvalue weighted by molar-refractivity contribution is 7.91. The number of hydrogen-bond acceptors (Lipinski definition) is 5. The van der Waals surface area contributed by atoms with Gasteiger partial charge in [0.1, 0.15) is 5.75 Å². The molecule has 1 aromatic carbocycles. The van der Waals surface area contributed by atoms with Crippen LogP contribution in [0.4, 0.5) is 0 Å². The molecule has 0 N–H and O–H groups in total. The van der Waals surface area contributed by atoms with Gasteiger partial charge in [0.15, 0.2) is 15.7 Å². The van der Waals surface area contributed by atoms with Gasteiger partial charge in [0.2, 0.25) is 5.89 Å². The van der Waals surface area contributed by atoms with E-state index in [0.29, 0.717) is 30.5 Å². The van der Waals surface area contributed by atoms with E-state index in [1.807, 2.05) is 18.2 Å². The van der Waals surface area contributed by atoms with Gasteiger partial charge >= 0.3 is 0 Å². The van der Waals surface area contributed by atoms with Crippen LogP contribution in [-0.2, 0) is 28.4 Å². The Morgan fingerprint density at radius 3 is 2.65 bits per heavy atom. The van der Waals surface area contributed by atoms with Crippen molar-refractivity contribution in [3.05, 3.63) is 47.1 Å². The van der Waals surface area contributed by atoms with E-state index in [9.17, 15) is 8.42 Å². The lowest BCUT2D eigenvalue weighted by molar-refractivity contribution is 0.291. The third kappa shape index (κ3) is 2.92. The fourth-order valence-electron chi connectivity index (χ4n) is 3.42. The summed E-state index contributed by atoms with van der Waals surface area (Å²) in [4.78, 5) is 4.30. The van der Waals surface area contributed by atoms with Crippen molar-refractivity contribution >= 4 is 9.84 Å². The number of hydrogen-bond donors (Lipinski definition) is 0. The van der Waals surface area contributed by atoms with E-state index in [0.717, 1.165) is 24.8 Å². The summed E-state index contributed by atoms with van der Waals surface area (Å²) in [5.74, 6) is 1.14. The maximum Gasteiger partial charge on any atom is 0.229 e. The summed E-state index contributed by atoms with van der Waals surface area (Å²) in [5.41, 5.74) is 2.42. The molecule has 0 saturated heterocycles. The normalized spacial score (nSPS) is 21.7. The van der Waals surface area contributed by atoms with Crippen LogP contribution < -0.4 is 0 Å². The highest BCUT2D eigenvalue weighted by Crippen LogP contribution is 2.35. The number of aryl methyl sites for hydroxylation is 1. The van der Waals surface area contributed by atoms with Gasteiger partial charge in [0.25, 0.3) is 0 Å². The Bertz CT molecular complexity index is 809. The second kappa shape index (κ2) is 5.74. The fourth-order valence-corrected chi connectivity index (χ4v) is 5.04. The average Bonchev–Trinajstić information content (AvgIpc) is 2.92. The molecule has 122 valence electrons. The minimum Gasteiger partial charge on any atom is -0.339 e. The first-order valence-electron chi connectivity index (χ1n) is 8.22. The van der Waals surface area contributed by atoms with Gasteiger partial charge in [-0.05, 0) is 43.2 Å². The number of aromatic nitrogens is 2. The molecule has 1 aromatic heterocycles. The van der Waals surface area contributed by atoms with Crippen LogP contribution in [-0.4, -0.2) is 23.8 Å². The zero-order valence-electron chi connectivity index (χ0n) is 12.9. The largest absolute Gasteiger partial charge is 0.339 e. The number of sulfone groups is 1. The van der Waals surface area contributed by atoms with E-state index in [1.165, 1.54) is 12.0 Å². The molecule has 0 amide bonds. The summed E-state index contributed by atoms with van der Waals surface area (Å²) >= 11 is 0. The lowest BCUT2D eigenvalue weighted by Crippen LogP contribution is -2.29. The average molecular weight is 332 g/mol. The van der Waals surface area contributed by atoms with Gasteiger partial charge in [0.05, 0.1) is 5.25 Å². The smallest absolute Gasteiger partial charge is 0.229 e.